The van der Waals surface area contributed by atoms with E-state index in [2.05, 4.69) is 11.8 Å². The molecule has 3 nitrogen and oxygen atoms in total. The molecule has 1 amide bonds. The Bertz CT molecular complexity index is 239. The predicted octanol–water partition coefficient (Wildman–Crippen LogP) is 0.647. The zero-order chi connectivity index (χ0) is 9.68. The lowest BCUT2D eigenvalue weighted by atomic mass is 10.1. The Morgan fingerprint density at radius 2 is 2.38 bits per heavy atom. The van der Waals surface area contributed by atoms with E-state index in [0.717, 1.165) is 19.4 Å². The van der Waals surface area contributed by atoms with Crippen molar-refractivity contribution in [2.75, 3.05) is 20.2 Å². The fraction of sp³-hybridized carbons (Fsp3) is 0.700. The zero-order valence-corrected chi connectivity index (χ0v) is 8.17. The van der Waals surface area contributed by atoms with Crippen molar-refractivity contribution >= 4 is 5.91 Å². The molecule has 3 heteroatoms. The summed E-state index contributed by atoms with van der Waals surface area (Å²) in [6, 6.07) is 0. The normalized spacial score (nSPS) is 22.0. The van der Waals surface area contributed by atoms with E-state index in [1.54, 1.807) is 18.9 Å². The number of carbonyl (C=O) groups is 1. The van der Waals surface area contributed by atoms with Crippen LogP contribution in [0.2, 0.25) is 0 Å². The Balaban J connectivity index is 2.49. The lowest BCUT2D eigenvalue weighted by Gasteiger charge is -2.30. The quantitative estimate of drug-likeness (QED) is 0.556. The molecule has 0 aromatic carbocycles. The Morgan fingerprint density at radius 3 is 3.00 bits per heavy atom. The maximum absolute atomic E-state index is 11.4. The largest absolute Gasteiger partial charge is 0.380 e. The average Bonchev–Trinajstić information content (AvgIpc) is 2.18. The van der Waals surface area contributed by atoms with Gasteiger partial charge in [0.2, 0.25) is 0 Å². The minimum absolute atomic E-state index is 0.0794. The number of methoxy groups -OCH3 is 1. The third-order valence-corrected chi connectivity index (χ3v) is 2.23. The van der Waals surface area contributed by atoms with Crippen molar-refractivity contribution in [3.8, 4) is 11.8 Å². The molecule has 0 radical (unpaired) electrons. The molecule has 0 aliphatic carbocycles. The summed E-state index contributed by atoms with van der Waals surface area (Å²) in [4.78, 5) is 13.1. The van der Waals surface area contributed by atoms with E-state index in [1.165, 1.54) is 0 Å². The van der Waals surface area contributed by atoms with Crippen LogP contribution in [0, 0.1) is 11.8 Å². The highest BCUT2D eigenvalue weighted by Crippen LogP contribution is 2.11. The third kappa shape index (κ3) is 2.74. The van der Waals surface area contributed by atoms with Gasteiger partial charge in [-0.15, -0.1) is 0 Å². The van der Waals surface area contributed by atoms with E-state index in [9.17, 15) is 4.79 Å². The molecule has 1 atom stereocenters. The summed E-state index contributed by atoms with van der Waals surface area (Å²) in [5.41, 5.74) is 0. The average molecular weight is 181 g/mol. The number of hydrogen-bond acceptors (Lipinski definition) is 2. The van der Waals surface area contributed by atoms with Gasteiger partial charge in [0.25, 0.3) is 5.91 Å². The van der Waals surface area contributed by atoms with Crippen LogP contribution in [0.1, 0.15) is 19.8 Å². The van der Waals surface area contributed by atoms with Crippen molar-refractivity contribution < 1.29 is 9.53 Å². The van der Waals surface area contributed by atoms with E-state index >= 15 is 0 Å². The molecular formula is C10H15NO2. The molecule has 0 spiro atoms. The Morgan fingerprint density at radius 1 is 1.62 bits per heavy atom. The van der Waals surface area contributed by atoms with E-state index in [0.29, 0.717) is 6.54 Å². The monoisotopic (exact) mass is 181 g/mol. The van der Waals surface area contributed by atoms with Gasteiger partial charge in [-0.05, 0) is 25.7 Å². The van der Waals surface area contributed by atoms with E-state index in [1.807, 2.05) is 0 Å². The zero-order valence-electron chi connectivity index (χ0n) is 8.17. The molecule has 13 heavy (non-hydrogen) atoms. The van der Waals surface area contributed by atoms with Crippen LogP contribution in [-0.2, 0) is 9.53 Å². The van der Waals surface area contributed by atoms with Gasteiger partial charge in [-0.25, -0.2) is 0 Å². The van der Waals surface area contributed by atoms with Gasteiger partial charge < -0.3 is 9.64 Å². The highest BCUT2D eigenvalue weighted by atomic mass is 16.5. The molecule has 0 N–H and O–H groups in total. The number of piperidine rings is 1. The molecule has 1 aliphatic rings. The van der Waals surface area contributed by atoms with Gasteiger partial charge in [0, 0.05) is 20.2 Å². The summed E-state index contributed by atoms with van der Waals surface area (Å²) >= 11 is 0. The van der Waals surface area contributed by atoms with Crippen molar-refractivity contribution in [3.05, 3.63) is 0 Å². The molecule has 72 valence electrons. The number of nitrogens with zero attached hydrogens (tertiary/aromatic N) is 1. The molecule has 0 aromatic rings. The molecule has 1 fully saturated rings. The Labute approximate surface area is 79.1 Å². The molecule has 0 saturated carbocycles. The highest BCUT2D eigenvalue weighted by molar-refractivity contribution is 5.93. The van der Waals surface area contributed by atoms with Gasteiger partial charge in [-0.1, -0.05) is 5.92 Å². The number of hydrogen-bond donors (Lipinski definition) is 0. The van der Waals surface area contributed by atoms with E-state index in [-0.39, 0.29) is 12.0 Å². The molecular weight excluding hydrogens is 166 g/mol. The standard InChI is InChI=1S/C10H15NO2/c1-3-5-10(12)11-7-4-6-9(8-11)13-2/h9H,4,6-8H2,1-2H3. The highest BCUT2D eigenvalue weighted by Gasteiger charge is 2.21. The van der Waals surface area contributed by atoms with Crippen LogP contribution in [0.4, 0.5) is 0 Å². The minimum Gasteiger partial charge on any atom is -0.380 e. The fourth-order valence-electron chi connectivity index (χ4n) is 1.50. The molecule has 1 saturated heterocycles. The first kappa shape index (κ1) is 10.1. The molecule has 1 heterocycles. The fourth-order valence-corrected chi connectivity index (χ4v) is 1.50. The molecule has 1 unspecified atom stereocenters. The maximum atomic E-state index is 11.4. The topological polar surface area (TPSA) is 29.5 Å². The predicted molar refractivity (Wildman–Crippen MR) is 50.1 cm³/mol. The third-order valence-electron chi connectivity index (χ3n) is 2.23. The lowest BCUT2D eigenvalue weighted by Crippen LogP contribution is -2.42. The van der Waals surface area contributed by atoms with Crippen LogP contribution < -0.4 is 0 Å². The molecule has 0 bridgehead atoms. The number of rotatable bonds is 1. The minimum atomic E-state index is -0.0794. The summed E-state index contributed by atoms with van der Waals surface area (Å²) in [6.07, 6.45) is 2.24. The van der Waals surface area contributed by atoms with Crippen LogP contribution in [-0.4, -0.2) is 37.1 Å². The summed E-state index contributed by atoms with van der Waals surface area (Å²) in [7, 11) is 1.68. The summed E-state index contributed by atoms with van der Waals surface area (Å²) in [6.45, 7) is 3.17. The lowest BCUT2D eigenvalue weighted by molar-refractivity contribution is -0.128. The van der Waals surface area contributed by atoms with Crippen LogP contribution in [0.25, 0.3) is 0 Å². The molecule has 0 aromatic heterocycles. The van der Waals surface area contributed by atoms with E-state index < -0.39 is 0 Å². The van der Waals surface area contributed by atoms with Gasteiger partial charge >= 0.3 is 0 Å². The van der Waals surface area contributed by atoms with Crippen LogP contribution in [0.5, 0.6) is 0 Å². The first-order valence-electron chi connectivity index (χ1n) is 4.52. The summed E-state index contributed by atoms with van der Waals surface area (Å²) < 4.78 is 5.21. The first-order valence-corrected chi connectivity index (χ1v) is 4.52. The van der Waals surface area contributed by atoms with Gasteiger partial charge in [0.05, 0.1) is 6.10 Å². The number of ether oxygens (including phenoxy) is 1. The summed E-state index contributed by atoms with van der Waals surface area (Å²) in [5.74, 6) is 5.08. The second kappa shape index (κ2) is 4.88. The molecule has 1 rings (SSSR count). The van der Waals surface area contributed by atoms with Gasteiger partial charge in [-0.3, -0.25) is 4.79 Å². The van der Waals surface area contributed by atoms with Crippen molar-refractivity contribution in [3.63, 3.8) is 0 Å². The second-order valence-corrected chi connectivity index (χ2v) is 3.13. The maximum Gasteiger partial charge on any atom is 0.298 e. The van der Waals surface area contributed by atoms with Crippen molar-refractivity contribution in [1.82, 2.24) is 4.90 Å². The molecule has 1 aliphatic heterocycles. The Kier molecular flexibility index (Phi) is 3.78. The van der Waals surface area contributed by atoms with Crippen molar-refractivity contribution in [2.24, 2.45) is 0 Å². The van der Waals surface area contributed by atoms with E-state index in [4.69, 9.17) is 4.74 Å². The van der Waals surface area contributed by atoms with Gasteiger partial charge in [-0.2, -0.15) is 0 Å². The van der Waals surface area contributed by atoms with Crippen LogP contribution in [0.15, 0.2) is 0 Å². The van der Waals surface area contributed by atoms with Gasteiger partial charge in [0.1, 0.15) is 0 Å². The Hall–Kier alpha value is -1.01. The van der Waals surface area contributed by atoms with Crippen LogP contribution in [0.3, 0.4) is 0 Å². The van der Waals surface area contributed by atoms with Crippen molar-refractivity contribution in [1.29, 1.82) is 0 Å². The second-order valence-electron chi connectivity index (χ2n) is 3.13. The number of amides is 1. The van der Waals surface area contributed by atoms with Crippen LogP contribution >= 0.6 is 0 Å². The number of likely N-dealkylation sites (tertiary alicyclic amines) is 1. The smallest absolute Gasteiger partial charge is 0.298 e. The summed E-state index contributed by atoms with van der Waals surface area (Å²) in [5, 5.41) is 0. The van der Waals surface area contributed by atoms with Crippen molar-refractivity contribution in [2.45, 2.75) is 25.9 Å². The number of carbonyl (C=O) groups excluding carboxylic acids is 1. The SMILES string of the molecule is CC#CC(=O)N1CCCC(OC)C1. The van der Waals surface area contributed by atoms with Gasteiger partial charge in [0.15, 0.2) is 0 Å². The first-order chi connectivity index (χ1) is 6.27.